The fourth-order valence-electron chi connectivity index (χ4n) is 0.887. The molecule has 86 valence electrons. The molecule has 0 radical (unpaired) electrons. The highest BCUT2D eigenvalue weighted by Gasteiger charge is 2.26. The van der Waals surface area contributed by atoms with E-state index in [0.717, 1.165) is 0 Å². The van der Waals surface area contributed by atoms with Gasteiger partial charge >= 0.3 is 7.60 Å². The number of hydrogen-bond acceptors (Lipinski definition) is 5. The van der Waals surface area contributed by atoms with Gasteiger partial charge < -0.3 is 13.6 Å². The van der Waals surface area contributed by atoms with E-state index in [0.29, 0.717) is 6.61 Å². The van der Waals surface area contributed by atoms with E-state index < -0.39 is 15.6 Å². The zero-order valence-electron chi connectivity index (χ0n) is 8.82. The third kappa shape index (κ3) is 5.94. The minimum absolute atomic E-state index is 0.132. The molecule has 0 amide bonds. The van der Waals surface area contributed by atoms with Gasteiger partial charge in [0.15, 0.2) is 0 Å². The molecule has 0 aromatic carbocycles. The zero-order valence-corrected chi connectivity index (χ0v) is 10.7. The molecule has 0 aliphatic rings. The predicted molar refractivity (Wildman–Crippen MR) is 56.4 cm³/mol. The third-order valence-corrected chi connectivity index (χ3v) is 5.78. The summed E-state index contributed by atoms with van der Waals surface area (Å²) in [6.45, 7) is 6.05. The van der Waals surface area contributed by atoms with Gasteiger partial charge in [-0.1, -0.05) is 0 Å². The van der Waals surface area contributed by atoms with Gasteiger partial charge in [-0.05, 0) is 20.8 Å². The van der Waals surface area contributed by atoms with E-state index in [1.807, 2.05) is 0 Å². The minimum Gasteiger partial charge on any atom is -0.330 e. The molecule has 0 aromatic heterocycles. The SMILES string of the molecule is CCO[PH](=O)CP(=O)(OCC)OCC. The Morgan fingerprint density at radius 3 is 1.93 bits per heavy atom. The van der Waals surface area contributed by atoms with Crippen molar-refractivity contribution in [2.45, 2.75) is 20.8 Å². The third-order valence-electron chi connectivity index (χ3n) is 1.28. The van der Waals surface area contributed by atoms with Crippen LogP contribution in [-0.4, -0.2) is 25.7 Å². The second-order valence-electron chi connectivity index (χ2n) is 2.41. The summed E-state index contributed by atoms with van der Waals surface area (Å²) in [6, 6.07) is 0. The molecule has 7 heteroatoms. The van der Waals surface area contributed by atoms with Crippen molar-refractivity contribution in [3.8, 4) is 0 Å². The Bertz CT molecular complexity index is 208. The zero-order chi connectivity index (χ0) is 11.0. The van der Waals surface area contributed by atoms with Crippen molar-refractivity contribution in [3.05, 3.63) is 0 Å². The van der Waals surface area contributed by atoms with Crippen LogP contribution in [0, 0.1) is 0 Å². The maximum atomic E-state index is 11.8. The van der Waals surface area contributed by atoms with Crippen LogP contribution in [0.15, 0.2) is 0 Å². The van der Waals surface area contributed by atoms with Crippen LogP contribution in [0.25, 0.3) is 0 Å². The Balaban J connectivity index is 4.21. The highest BCUT2D eigenvalue weighted by atomic mass is 31.2. The Morgan fingerprint density at radius 1 is 1.07 bits per heavy atom. The lowest BCUT2D eigenvalue weighted by molar-refractivity contribution is 0.222. The first kappa shape index (κ1) is 14.3. The van der Waals surface area contributed by atoms with Gasteiger partial charge in [0.1, 0.15) is 5.90 Å². The molecule has 1 unspecified atom stereocenters. The summed E-state index contributed by atoms with van der Waals surface area (Å²) in [5, 5.41) is 0. The Labute approximate surface area is 85.5 Å². The maximum absolute atomic E-state index is 11.8. The second-order valence-corrected chi connectivity index (χ2v) is 6.45. The lowest BCUT2D eigenvalue weighted by atomic mass is 10.9. The molecule has 0 saturated carbocycles. The molecule has 0 aromatic rings. The Kier molecular flexibility index (Phi) is 7.79. The smallest absolute Gasteiger partial charge is 0.330 e. The molecule has 0 aliphatic carbocycles. The maximum Gasteiger partial charge on any atom is 0.340 e. The van der Waals surface area contributed by atoms with Gasteiger partial charge in [0, 0.05) is 0 Å². The fourth-order valence-corrected chi connectivity index (χ4v) is 4.43. The molecule has 0 fully saturated rings. The van der Waals surface area contributed by atoms with Gasteiger partial charge in [-0.2, -0.15) is 0 Å². The quantitative estimate of drug-likeness (QED) is 0.614. The van der Waals surface area contributed by atoms with E-state index >= 15 is 0 Å². The first-order valence-corrected chi connectivity index (χ1v) is 7.86. The molecule has 0 spiro atoms. The summed E-state index contributed by atoms with van der Waals surface area (Å²) < 4.78 is 37.8. The van der Waals surface area contributed by atoms with Gasteiger partial charge in [-0.25, -0.2) is 0 Å². The van der Waals surface area contributed by atoms with Crippen molar-refractivity contribution in [3.63, 3.8) is 0 Å². The minimum atomic E-state index is -3.20. The number of hydrogen-bond donors (Lipinski definition) is 0. The van der Waals surface area contributed by atoms with Crippen LogP contribution < -0.4 is 0 Å². The van der Waals surface area contributed by atoms with E-state index in [4.69, 9.17) is 13.6 Å². The molecule has 0 N–H and O–H groups in total. The van der Waals surface area contributed by atoms with Crippen LogP contribution in [0.2, 0.25) is 0 Å². The summed E-state index contributed by atoms with van der Waals surface area (Å²) in [4.78, 5) is 0. The second kappa shape index (κ2) is 7.61. The van der Waals surface area contributed by atoms with E-state index in [2.05, 4.69) is 0 Å². The molecular weight excluding hydrogens is 226 g/mol. The van der Waals surface area contributed by atoms with E-state index in [1.165, 1.54) is 0 Å². The van der Waals surface area contributed by atoms with Crippen molar-refractivity contribution in [1.29, 1.82) is 0 Å². The summed E-state index contributed by atoms with van der Waals surface area (Å²) in [6.07, 6.45) is 0. The normalized spacial score (nSPS) is 14.2. The van der Waals surface area contributed by atoms with Crippen molar-refractivity contribution >= 4 is 15.6 Å². The summed E-state index contributed by atoms with van der Waals surface area (Å²) in [5.74, 6) is -0.132. The average molecular weight is 244 g/mol. The van der Waals surface area contributed by atoms with Gasteiger partial charge in [0.2, 0.25) is 8.03 Å². The highest BCUT2D eigenvalue weighted by Crippen LogP contribution is 2.54. The van der Waals surface area contributed by atoms with Crippen LogP contribution >= 0.6 is 15.6 Å². The van der Waals surface area contributed by atoms with Crippen LogP contribution in [0.1, 0.15) is 20.8 Å². The van der Waals surface area contributed by atoms with Gasteiger partial charge in [-0.3, -0.25) is 9.13 Å². The molecule has 5 nitrogen and oxygen atoms in total. The highest BCUT2D eigenvalue weighted by molar-refractivity contribution is 7.65. The molecule has 0 saturated heterocycles. The average Bonchev–Trinajstić information content (AvgIpc) is 2.04. The first-order valence-electron chi connectivity index (χ1n) is 4.61. The van der Waals surface area contributed by atoms with Gasteiger partial charge in [-0.15, -0.1) is 0 Å². The van der Waals surface area contributed by atoms with Crippen molar-refractivity contribution in [2.75, 3.05) is 25.7 Å². The van der Waals surface area contributed by atoms with Crippen molar-refractivity contribution < 1.29 is 22.7 Å². The fraction of sp³-hybridized carbons (Fsp3) is 1.00. The largest absolute Gasteiger partial charge is 0.340 e. The van der Waals surface area contributed by atoms with Crippen LogP contribution in [0.3, 0.4) is 0 Å². The lowest BCUT2D eigenvalue weighted by Gasteiger charge is -2.16. The van der Waals surface area contributed by atoms with Gasteiger partial charge in [0.05, 0.1) is 19.8 Å². The summed E-state index contributed by atoms with van der Waals surface area (Å²) >= 11 is 0. The molecular formula is C7H18O5P2. The topological polar surface area (TPSA) is 61.8 Å². The molecule has 14 heavy (non-hydrogen) atoms. The van der Waals surface area contributed by atoms with E-state index in [1.54, 1.807) is 20.8 Å². The van der Waals surface area contributed by atoms with Crippen molar-refractivity contribution in [1.82, 2.24) is 0 Å². The van der Waals surface area contributed by atoms with E-state index in [-0.39, 0.29) is 19.1 Å². The Hall–Kier alpha value is 0.340. The molecule has 0 aliphatic heterocycles. The summed E-state index contributed by atoms with van der Waals surface area (Å²) in [5.41, 5.74) is 0. The molecule has 0 heterocycles. The summed E-state index contributed by atoms with van der Waals surface area (Å²) in [7, 11) is -5.50. The predicted octanol–water partition coefficient (Wildman–Crippen LogP) is 2.72. The monoisotopic (exact) mass is 244 g/mol. The Morgan fingerprint density at radius 2 is 1.57 bits per heavy atom. The van der Waals surface area contributed by atoms with Crippen LogP contribution in [0.4, 0.5) is 0 Å². The number of rotatable bonds is 8. The molecule has 0 rings (SSSR count). The van der Waals surface area contributed by atoms with E-state index in [9.17, 15) is 9.13 Å². The lowest BCUT2D eigenvalue weighted by Crippen LogP contribution is -1.98. The van der Waals surface area contributed by atoms with Crippen LogP contribution in [-0.2, 0) is 22.7 Å². The first-order chi connectivity index (χ1) is 6.58. The molecule has 0 bridgehead atoms. The molecule has 1 atom stereocenters. The van der Waals surface area contributed by atoms with Gasteiger partial charge in [0.25, 0.3) is 0 Å². The van der Waals surface area contributed by atoms with Crippen molar-refractivity contribution in [2.24, 2.45) is 0 Å². The van der Waals surface area contributed by atoms with Crippen LogP contribution in [0.5, 0.6) is 0 Å². The standard InChI is InChI=1S/C7H18O5P2/c1-4-10-13(8)7-14(9,11-5-2)12-6-3/h13H,4-7H2,1-3H3.